The third kappa shape index (κ3) is 3.35. The number of anilines is 1. The van der Waals surface area contributed by atoms with Crippen molar-refractivity contribution in [3.63, 3.8) is 0 Å². The monoisotopic (exact) mass is 272 g/mol. The maximum Gasteiger partial charge on any atom is 0.0373 e. The summed E-state index contributed by atoms with van der Waals surface area (Å²) in [5, 5.41) is 3.68. The van der Waals surface area contributed by atoms with Gasteiger partial charge in [-0.25, -0.2) is 0 Å². The zero-order valence-electron chi connectivity index (χ0n) is 12.9. The van der Waals surface area contributed by atoms with Crippen LogP contribution in [0, 0.1) is 5.92 Å². The van der Waals surface area contributed by atoms with Crippen molar-refractivity contribution in [3.05, 3.63) is 29.8 Å². The van der Waals surface area contributed by atoms with E-state index in [0.717, 1.165) is 18.5 Å². The van der Waals surface area contributed by atoms with Gasteiger partial charge in [-0.15, -0.1) is 0 Å². The molecule has 0 radical (unpaired) electrons. The van der Waals surface area contributed by atoms with Gasteiger partial charge in [0.25, 0.3) is 0 Å². The zero-order chi connectivity index (χ0) is 13.9. The Morgan fingerprint density at radius 2 is 1.95 bits per heavy atom. The lowest BCUT2D eigenvalue weighted by Crippen LogP contribution is -2.42. The van der Waals surface area contributed by atoms with Crippen molar-refractivity contribution in [2.45, 2.75) is 58.0 Å². The maximum absolute atomic E-state index is 3.68. The summed E-state index contributed by atoms with van der Waals surface area (Å²) in [5.41, 5.74) is 2.85. The molecule has 1 heterocycles. The van der Waals surface area contributed by atoms with Gasteiger partial charge in [0.05, 0.1) is 0 Å². The van der Waals surface area contributed by atoms with E-state index in [2.05, 4.69) is 48.3 Å². The number of hydrogen-bond acceptors (Lipinski definition) is 2. The Morgan fingerprint density at radius 3 is 2.70 bits per heavy atom. The smallest absolute Gasteiger partial charge is 0.0373 e. The number of benzene rings is 1. The molecule has 2 aliphatic rings. The molecule has 1 atom stereocenters. The number of aryl methyl sites for hydroxylation is 1. The van der Waals surface area contributed by atoms with E-state index in [1.807, 2.05) is 0 Å². The first-order valence-electron chi connectivity index (χ1n) is 8.31. The normalized spacial score (nSPS) is 22.5. The van der Waals surface area contributed by atoms with Crippen LogP contribution in [-0.4, -0.2) is 30.1 Å². The van der Waals surface area contributed by atoms with Crippen molar-refractivity contribution in [3.8, 4) is 0 Å². The summed E-state index contributed by atoms with van der Waals surface area (Å²) < 4.78 is 0. The lowest BCUT2D eigenvalue weighted by molar-refractivity contribution is 0.176. The Morgan fingerprint density at radius 1 is 1.15 bits per heavy atom. The zero-order valence-corrected chi connectivity index (χ0v) is 12.9. The van der Waals surface area contributed by atoms with Gasteiger partial charge >= 0.3 is 0 Å². The highest BCUT2D eigenvalue weighted by molar-refractivity contribution is 5.52. The van der Waals surface area contributed by atoms with Crippen LogP contribution in [-0.2, 0) is 6.42 Å². The van der Waals surface area contributed by atoms with E-state index in [1.165, 1.54) is 49.9 Å². The molecule has 0 saturated heterocycles. The second kappa shape index (κ2) is 6.17. The third-order valence-electron chi connectivity index (χ3n) is 4.74. The fraction of sp³-hybridized carbons (Fsp3) is 0.667. The molecule has 1 fully saturated rings. The van der Waals surface area contributed by atoms with Gasteiger partial charge in [0, 0.05) is 24.3 Å². The van der Waals surface area contributed by atoms with E-state index in [1.54, 1.807) is 0 Å². The van der Waals surface area contributed by atoms with E-state index in [4.69, 9.17) is 0 Å². The van der Waals surface area contributed by atoms with Gasteiger partial charge < -0.3 is 5.32 Å². The van der Waals surface area contributed by atoms with Crippen LogP contribution in [0.15, 0.2) is 24.3 Å². The second-order valence-corrected chi connectivity index (χ2v) is 6.88. The summed E-state index contributed by atoms with van der Waals surface area (Å²) in [4.78, 5) is 2.80. The Kier molecular flexibility index (Phi) is 4.30. The molecule has 0 spiro atoms. The van der Waals surface area contributed by atoms with Crippen LogP contribution in [0.5, 0.6) is 0 Å². The van der Waals surface area contributed by atoms with Gasteiger partial charge in [-0.05, 0) is 56.2 Å². The number of para-hydroxylation sites is 1. The fourth-order valence-corrected chi connectivity index (χ4v) is 3.32. The van der Waals surface area contributed by atoms with Crippen LogP contribution in [0.4, 0.5) is 5.69 Å². The van der Waals surface area contributed by atoms with Crippen molar-refractivity contribution < 1.29 is 0 Å². The average molecular weight is 272 g/mol. The quantitative estimate of drug-likeness (QED) is 0.874. The van der Waals surface area contributed by atoms with E-state index in [9.17, 15) is 0 Å². The van der Waals surface area contributed by atoms with E-state index < -0.39 is 0 Å². The SMILES string of the molecule is CC(C)CCN(C1CC1)C1CCc2ccccc2NC1. The van der Waals surface area contributed by atoms with Gasteiger partial charge in [-0.2, -0.15) is 0 Å². The molecule has 1 aliphatic carbocycles. The number of fused-ring (bicyclic) bond motifs is 1. The first-order chi connectivity index (χ1) is 9.74. The third-order valence-corrected chi connectivity index (χ3v) is 4.74. The molecule has 1 N–H and O–H groups in total. The topological polar surface area (TPSA) is 15.3 Å². The molecular formula is C18H28N2. The molecule has 1 saturated carbocycles. The summed E-state index contributed by atoms with van der Waals surface area (Å²) in [5.74, 6) is 0.812. The van der Waals surface area contributed by atoms with Crippen molar-refractivity contribution >= 4 is 5.69 Å². The first-order valence-corrected chi connectivity index (χ1v) is 8.31. The summed E-state index contributed by atoms with van der Waals surface area (Å²) >= 11 is 0. The lowest BCUT2D eigenvalue weighted by Gasteiger charge is -2.31. The number of nitrogens with zero attached hydrogens (tertiary/aromatic N) is 1. The molecule has 1 aliphatic heterocycles. The predicted molar refractivity (Wildman–Crippen MR) is 86.2 cm³/mol. The fourth-order valence-electron chi connectivity index (χ4n) is 3.32. The van der Waals surface area contributed by atoms with Crippen LogP contribution in [0.3, 0.4) is 0 Å². The summed E-state index contributed by atoms with van der Waals surface area (Å²) in [6, 6.07) is 10.4. The molecule has 1 aromatic rings. The number of hydrogen-bond donors (Lipinski definition) is 1. The molecule has 2 heteroatoms. The van der Waals surface area contributed by atoms with Gasteiger partial charge in [0.2, 0.25) is 0 Å². The number of rotatable bonds is 5. The van der Waals surface area contributed by atoms with Gasteiger partial charge in [0.15, 0.2) is 0 Å². The predicted octanol–water partition coefficient (Wildman–Crippen LogP) is 3.92. The molecule has 0 amide bonds. The summed E-state index contributed by atoms with van der Waals surface area (Å²) in [6.45, 7) is 7.08. The van der Waals surface area contributed by atoms with Crippen LogP contribution in [0.1, 0.15) is 45.1 Å². The van der Waals surface area contributed by atoms with Gasteiger partial charge in [-0.3, -0.25) is 4.90 Å². The highest BCUT2D eigenvalue weighted by Gasteiger charge is 2.34. The molecule has 0 aromatic heterocycles. The first kappa shape index (κ1) is 13.9. The average Bonchev–Trinajstić information content (AvgIpc) is 3.26. The Bertz CT molecular complexity index is 410. The number of nitrogens with one attached hydrogen (secondary N) is 1. The standard InChI is InChI=1S/C18H28N2/c1-14(2)11-12-20(16-9-10-16)17-8-7-15-5-3-4-6-18(15)19-13-17/h3-6,14,16-17,19H,7-13H2,1-2H3. The molecule has 110 valence electrons. The van der Waals surface area contributed by atoms with E-state index >= 15 is 0 Å². The molecule has 1 aromatic carbocycles. The highest BCUT2D eigenvalue weighted by Crippen LogP contribution is 2.32. The van der Waals surface area contributed by atoms with Crippen molar-refractivity contribution in [2.24, 2.45) is 5.92 Å². The Labute approximate surface area is 123 Å². The minimum Gasteiger partial charge on any atom is -0.383 e. The van der Waals surface area contributed by atoms with Crippen LogP contribution < -0.4 is 5.32 Å². The van der Waals surface area contributed by atoms with E-state index in [-0.39, 0.29) is 0 Å². The van der Waals surface area contributed by atoms with E-state index in [0.29, 0.717) is 6.04 Å². The van der Waals surface area contributed by atoms with Gasteiger partial charge in [-0.1, -0.05) is 32.0 Å². The second-order valence-electron chi connectivity index (χ2n) is 6.88. The maximum atomic E-state index is 3.68. The largest absolute Gasteiger partial charge is 0.383 e. The van der Waals surface area contributed by atoms with Gasteiger partial charge in [0.1, 0.15) is 0 Å². The molecule has 2 nitrogen and oxygen atoms in total. The van der Waals surface area contributed by atoms with Crippen LogP contribution in [0.25, 0.3) is 0 Å². The molecule has 1 unspecified atom stereocenters. The molecular weight excluding hydrogens is 244 g/mol. The van der Waals surface area contributed by atoms with Crippen molar-refractivity contribution in [1.82, 2.24) is 4.90 Å². The molecule has 0 bridgehead atoms. The summed E-state index contributed by atoms with van der Waals surface area (Å²) in [7, 11) is 0. The van der Waals surface area contributed by atoms with Crippen LogP contribution >= 0.6 is 0 Å². The molecule has 20 heavy (non-hydrogen) atoms. The minimum atomic E-state index is 0.716. The molecule has 3 rings (SSSR count). The van der Waals surface area contributed by atoms with Crippen molar-refractivity contribution in [1.29, 1.82) is 0 Å². The summed E-state index contributed by atoms with van der Waals surface area (Å²) in [6.07, 6.45) is 6.69. The van der Waals surface area contributed by atoms with Crippen LogP contribution in [0.2, 0.25) is 0 Å². The minimum absolute atomic E-state index is 0.716. The van der Waals surface area contributed by atoms with Crippen molar-refractivity contribution in [2.75, 3.05) is 18.4 Å². The Balaban J connectivity index is 1.64. The Hall–Kier alpha value is -1.02. The lowest BCUT2D eigenvalue weighted by atomic mass is 10.0. The highest BCUT2D eigenvalue weighted by atomic mass is 15.2.